The Balaban J connectivity index is 1.94. The van der Waals surface area contributed by atoms with Gasteiger partial charge in [-0.15, -0.1) is 0 Å². The number of pyridine rings is 2. The van der Waals surface area contributed by atoms with E-state index in [1.165, 1.54) is 42.7 Å². The van der Waals surface area contributed by atoms with Gasteiger partial charge in [-0.2, -0.15) is 0 Å². The highest BCUT2D eigenvalue weighted by Crippen LogP contribution is 2.44. The van der Waals surface area contributed by atoms with Gasteiger partial charge in [-0.25, -0.2) is 0 Å². The summed E-state index contributed by atoms with van der Waals surface area (Å²) in [7, 11) is 8.89. The zero-order valence-electron chi connectivity index (χ0n) is 37.9. The van der Waals surface area contributed by atoms with Crippen molar-refractivity contribution in [3.05, 3.63) is 71.3 Å². The van der Waals surface area contributed by atoms with Gasteiger partial charge in [0.05, 0.1) is 100 Å². The van der Waals surface area contributed by atoms with Gasteiger partial charge in [-0.1, -0.05) is 12.8 Å². The lowest BCUT2D eigenvalue weighted by molar-refractivity contribution is -0.313. The molecule has 0 saturated heterocycles. The van der Waals surface area contributed by atoms with Crippen LogP contribution in [0.25, 0.3) is 22.3 Å². The summed E-state index contributed by atoms with van der Waals surface area (Å²) in [4.78, 5) is 60.9. The zero-order chi connectivity index (χ0) is 48.3. The molecular weight excluding hydrogens is 863 g/mol. The number of hydrogen-bond donors (Lipinski definition) is 1. The van der Waals surface area contributed by atoms with Gasteiger partial charge < -0.3 is 73.1 Å². The first-order chi connectivity index (χ1) is 31.6. The van der Waals surface area contributed by atoms with Crippen molar-refractivity contribution in [3.63, 3.8) is 0 Å². The second-order valence-electron chi connectivity index (χ2n) is 15.1. The molecule has 1 N–H and O–H groups in total. The number of carboxylic acids is 4. The fourth-order valence-electron chi connectivity index (χ4n) is 7.49. The van der Waals surface area contributed by atoms with Crippen molar-refractivity contribution >= 4 is 23.9 Å². The van der Waals surface area contributed by atoms with Crippen LogP contribution in [-0.4, -0.2) is 136 Å². The van der Waals surface area contributed by atoms with Crippen molar-refractivity contribution in [3.8, 4) is 56.8 Å². The number of unbranched alkanes of at least 4 members (excludes halogenated alkanes) is 3. The fourth-order valence-corrected chi connectivity index (χ4v) is 7.49. The first-order valence-corrected chi connectivity index (χ1v) is 20.8. The number of ether oxygens (including phenoxy) is 6. The summed E-state index contributed by atoms with van der Waals surface area (Å²) < 4.78 is 34.0. The number of hydrogen-bond acceptors (Lipinski definition) is 20. The van der Waals surface area contributed by atoms with E-state index in [2.05, 4.69) is 4.90 Å². The maximum Gasteiger partial charge on any atom is 0.134 e. The Labute approximate surface area is 382 Å². The molecule has 0 amide bonds. The molecule has 2 aromatic carbocycles. The van der Waals surface area contributed by atoms with Crippen LogP contribution in [-0.2, 0) is 45.4 Å². The molecule has 0 bridgehead atoms. The first-order valence-electron chi connectivity index (χ1n) is 20.8. The molecule has 0 aliphatic carbocycles. The number of aliphatic hydroxyl groups is 1. The van der Waals surface area contributed by atoms with Crippen LogP contribution in [0.15, 0.2) is 48.5 Å². The molecular formula is C46H55N5O15-4. The molecule has 0 unspecified atom stereocenters. The highest BCUT2D eigenvalue weighted by Gasteiger charge is 2.22. The molecule has 0 radical (unpaired) electrons. The molecule has 0 atom stereocenters. The van der Waals surface area contributed by atoms with Gasteiger partial charge in [0.2, 0.25) is 0 Å². The van der Waals surface area contributed by atoms with Crippen molar-refractivity contribution in [1.29, 1.82) is 0 Å². The summed E-state index contributed by atoms with van der Waals surface area (Å²) in [5.41, 5.74) is 3.64. The van der Waals surface area contributed by atoms with E-state index in [9.17, 15) is 44.7 Å². The summed E-state index contributed by atoms with van der Waals surface area (Å²) in [5, 5.41) is 56.3. The lowest BCUT2D eigenvalue weighted by Crippen LogP contribution is -2.43. The minimum Gasteiger partial charge on any atom is -0.549 e. The number of rotatable bonds is 30. The van der Waals surface area contributed by atoms with Gasteiger partial charge >= 0.3 is 0 Å². The number of methoxy groups -OCH3 is 6. The molecule has 4 aromatic rings. The second-order valence-corrected chi connectivity index (χ2v) is 15.1. The molecule has 358 valence electrons. The van der Waals surface area contributed by atoms with E-state index in [-0.39, 0.29) is 32.8 Å². The average molecular weight is 918 g/mol. The van der Waals surface area contributed by atoms with E-state index < -0.39 is 50.1 Å². The van der Waals surface area contributed by atoms with E-state index in [1.807, 2.05) is 0 Å². The van der Waals surface area contributed by atoms with Gasteiger partial charge in [0.25, 0.3) is 0 Å². The maximum atomic E-state index is 11.7. The van der Waals surface area contributed by atoms with Crippen LogP contribution in [0.2, 0.25) is 0 Å². The molecule has 66 heavy (non-hydrogen) atoms. The Bertz CT molecular complexity index is 2060. The van der Waals surface area contributed by atoms with Crippen molar-refractivity contribution in [2.45, 2.75) is 51.9 Å². The SMILES string of the molecule is COc1cc(OC)c(-c2cc(CN(CC(=O)[O-])CC(=O)[O-])nc(CN(CCCCCCO)Cc3cc(-c4c(OC)cc(OC)cc4OC)cc(CN(CC(=O)[O-])CC(=O)[O-])n3)c2)c(OC)c1. The van der Waals surface area contributed by atoms with Crippen molar-refractivity contribution in [2.24, 2.45) is 0 Å². The van der Waals surface area contributed by atoms with E-state index >= 15 is 0 Å². The number of carboxylic acid groups (broad SMARTS) is 4. The maximum absolute atomic E-state index is 11.7. The van der Waals surface area contributed by atoms with Crippen molar-refractivity contribution in [2.75, 3.05) is 82.0 Å². The van der Waals surface area contributed by atoms with Gasteiger partial charge in [0.1, 0.15) is 34.5 Å². The summed E-state index contributed by atoms with van der Waals surface area (Å²) in [6.07, 6.45) is 2.81. The van der Waals surface area contributed by atoms with Crippen molar-refractivity contribution < 1.29 is 73.1 Å². The quantitative estimate of drug-likeness (QED) is 0.0616. The minimum absolute atomic E-state index is 0.0407. The molecule has 2 heterocycles. The van der Waals surface area contributed by atoms with Crippen LogP contribution in [0, 0.1) is 0 Å². The Hall–Kier alpha value is -6.74. The normalized spacial score (nSPS) is 11.2. The predicted octanol–water partition coefficient (Wildman–Crippen LogP) is -0.979. The minimum atomic E-state index is -1.50. The molecule has 20 heteroatoms. The highest BCUT2D eigenvalue weighted by molar-refractivity contribution is 5.80. The zero-order valence-corrected chi connectivity index (χ0v) is 37.9. The molecule has 0 spiro atoms. The van der Waals surface area contributed by atoms with E-state index in [0.29, 0.717) is 98.9 Å². The van der Waals surface area contributed by atoms with Crippen LogP contribution in [0.4, 0.5) is 0 Å². The number of carbonyl (C=O) groups excluding carboxylic acids is 4. The third-order valence-electron chi connectivity index (χ3n) is 10.2. The molecule has 0 aliphatic heterocycles. The van der Waals surface area contributed by atoms with E-state index in [0.717, 1.165) is 22.6 Å². The molecule has 0 fully saturated rings. The molecule has 4 rings (SSSR count). The largest absolute Gasteiger partial charge is 0.549 e. The summed E-state index contributed by atoms with van der Waals surface area (Å²) in [5.74, 6) is -3.60. The fraction of sp³-hybridized carbons (Fsp3) is 0.435. The predicted molar refractivity (Wildman–Crippen MR) is 229 cm³/mol. The third-order valence-corrected chi connectivity index (χ3v) is 10.2. The molecule has 2 aromatic heterocycles. The summed E-state index contributed by atoms with van der Waals surface area (Å²) in [6, 6.07) is 13.6. The topological polar surface area (TPSA) is 272 Å². The van der Waals surface area contributed by atoms with Gasteiger partial charge in [-0.05, 0) is 54.8 Å². The summed E-state index contributed by atoms with van der Waals surface area (Å²) >= 11 is 0. The lowest BCUT2D eigenvalue weighted by Gasteiger charge is -2.26. The van der Waals surface area contributed by atoms with E-state index in [4.69, 9.17) is 38.4 Å². The Morgan fingerprint density at radius 2 is 0.758 bits per heavy atom. The third kappa shape index (κ3) is 15.5. The van der Waals surface area contributed by atoms with Gasteiger partial charge in [0.15, 0.2) is 0 Å². The lowest BCUT2D eigenvalue weighted by atomic mass is 10.0. The number of aromatic nitrogens is 2. The Kier molecular flexibility index (Phi) is 20.2. The van der Waals surface area contributed by atoms with Crippen LogP contribution < -0.4 is 48.8 Å². The van der Waals surface area contributed by atoms with Gasteiger partial charge in [-0.3, -0.25) is 24.7 Å². The number of benzene rings is 2. The molecule has 0 saturated carbocycles. The Morgan fingerprint density at radius 3 is 1.03 bits per heavy atom. The number of carbonyl (C=O) groups is 4. The van der Waals surface area contributed by atoms with Gasteiger partial charge in [0, 0.05) is 83.2 Å². The Morgan fingerprint density at radius 1 is 0.455 bits per heavy atom. The average Bonchev–Trinajstić information content (AvgIpc) is 3.26. The highest BCUT2D eigenvalue weighted by atomic mass is 16.5. The number of aliphatic hydroxyl groups excluding tert-OH is 1. The molecule has 20 nitrogen and oxygen atoms in total. The standard InChI is InChI=1S/C46H59N5O15/c1-61-35-17-37(63-3)45(38(18-35)64-4)29-13-31(47-33(15-29)23-50(25-41(53)54)26-42(55)56)21-49(11-9-7-8-10-12-52)22-32-14-30(46-39(65-5)19-36(62-2)20-40(46)66-6)16-34(48-32)24-51(27-43(57)58)28-44(59)60/h13-20,52H,7-12,21-28H2,1-6H3,(H,53,54)(H,55,56)(H,57,58)(H,59,60)/p-4. The smallest absolute Gasteiger partial charge is 0.134 e. The number of aliphatic carboxylic acids is 4. The van der Waals surface area contributed by atoms with Crippen LogP contribution in [0.5, 0.6) is 34.5 Å². The molecule has 0 aliphatic rings. The van der Waals surface area contributed by atoms with Crippen LogP contribution in [0.3, 0.4) is 0 Å². The van der Waals surface area contributed by atoms with E-state index in [1.54, 1.807) is 48.5 Å². The van der Waals surface area contributed by atoms with Crippen molar-refractivity contribution in [1.82, 2.24) is 24.7 Å². The first kappa shape index (κ1) is 51.9. The monoisotopic (exact) mass is 917 g/mol. The van der Waals surface area contributed by atoms with Crippen LogP contribution >= 0.6 is 0 Å². The van der Waals surface area contributed by atoms with Crippen LogP contribution in [0.1, 0.15) is 48.5 Å². The number of nitrogens with zero attached hydrogens (tertiary/aromatic N) is 5. The second kappa shape index (κ2) is 25.7. The summed E-state index contributed by atoms with van der Waals surface area (Å²) in [6.45, 7) is -2.51.